The highest BCUT2D eigenvalue weighted by Gasteiger charge is 2.47. The SMILES string of the molecule is CCc1ccc2c(c1)OC1CC21. The lowest BCUT2D eigenvalue weighted by molar-refractivity contribution is 0.318. The summed E-state index contributed by atoms with van der Waals surface area (Å²) < 4.78 is 5.72. The predicted octanol–water partition coefficient (Wildman–Crippen LogP) is 2.50. The van der Waals surface area contributed by atoms with E-state index in [-0.39, 0.29) is 0 Å². The Morgan fingerprint density at radius 2 is 2.42 bits per heavy atom. The number of fused-ring (bicyclic) bond motifs is 3. The molecule has 2 aliphatic rings. The van der Waals surface area contributed by atoms with E-state index in [0.717, 1.165) is 18.1 Å². The van der Waals surface area contributed by atoms with Crippen LogP contribution in [0.2, 0.25) is 0 Å². The predicted molar refractivity (Wildman–Crippen MR) is 47.6 cm³/mol. The van der Waals surface area contributed by atoms with Crippen molar-refractivity contribution >= 4 is 0 Å². The molecule has 1 aromatic carbocycles. The van der Waals surface area contributed by atoms with E-state index in [1.54, 1.807) is 0 Å². The first kappa shape index (κ1) is 6.53. The van der Waals surface area contributed by atoms with Crippen molar-refractivity contribution in [2.24, 2.45) is 0 Å². The van der Waals surface area contributed by atoms with Crippen LogP contribution in [0.25, 0.3) is 0 Å². The quantitative estimate of drug-likeness (QED) is 0.613. The van der Waals surface area contributed by atoms with Crippen molar-refractivity contribution in [3.63, 3.8) is 0 Å². The average molecular weight is 160 g/mol. The van der Waals surface area contributed by atoms with Crippen LogP contribution in [0.3, 0.4) is 0 Å². The molecule has 62 valence electrons. The second-order valence-corrected chi connectivity index (χ2v) is 3.72. The van der Waals surface area contributed by atoms with Gasteiger partial charge in [0.2, 0.25) is 0 Å². The fourth-order valence-electron chi connectivity index (χ4n) is 2.00. The normalized spacial score (nSPS) is 29.1. The van der Waals surface area contributed by atoms with Gasteiger partial charge in [-0.15, -0.1) is 0 Å². The topological polar surface area (TPSA) is 9.23 Å². The summed E-state index contributed by atoms with van der Waals surface area (Å²) in [6.45, 7) is 2.18. The maximum atomic E-state index is 5.72. The minimum atomic E-state index is 0.534. The standard InChI is InChI=1S/C11H12O/c1-2-7-3-4-8-9-6-11(9)12-10(8)5-7/h3-5,9,11H,2,6H2,1H3. The van der Waals surface area contributed by atoms with Crippen LogP contribution in [0.1, 0.15) is 30.4 Å². The number of benzene rings is 1. The van der Waals surface area contributed by atoms with Crippen LogP contribution in [0, 0.1) is 0 Å². The molecule has 1 nitrogen and oxygen atoms in total. The largest absolute Gasteiger partial charge is 0.489 e. The van der Waals surface area contributed by atoms with Gasteiger partial charge in [-0.1, -0.05) is 19.1 Å². The van der Waals surface area contributed by atoms with Crippen molar-refractivity contribution in [3.8, 4) is 5.75 Å². The molecule has 1 heterocycles. The first-order valence-electron chi connectivity index (χ1n) is 4.68. The molecule has 0 N–H and O–H groups in total. The van der Waals surface area contributed by atoms with Crippen LogP contribution in [0.4, 0.5) is 0 Å². The third-order valence-corrected chi connectivity index (χ3v) is 2.90. The average Bonchev–Trinajstić information content (AvgIpc) is 2.78. The maximum absolute atomic E-state index is 5.72. The van der Waals surface area contributed by atoms with Gasteiger partial charge in [0.1, 0.15) is 11.9 Å². The smallest absolute Gasteiger partial charge is 0.123 e. The lowest BCUT2D eigenvalue weighted by Gasteiger charge is -2.04. The van der Waals surface area contributed by atoms with Gasteiger partial charge in [0, 0.05) is 11.5 Å². The minimum absolute atomic E-state index is 0.534. The second kappa shape index (κ2) is 2.03. The molecule has 0 radical (unpaired) electrons. The van der Waals surface area contributed by atoms with Gasteiger partial charge in [0.15, 0.2) is 0 Å². The highest BCUT2D eigenvalue weighted by atomic mass is 16.5. The molecule has 0 aromatic heterocycles. The fourth-order valence-corrected chi connectivity index (χ4v) is 2.00. The zero-order valence-corrected chi connectivity index (χ0v) is 7.21. The molecule has 1 saturated carbocycles. The van der Waals surface area contributed by atoms with Gasteiger partial charge in [-0.2, -0.15) is 0 Å². The molecule has 0 bridgehead atoms. The monoisotopic (exact) mass is 160 g/mol. The van der Waals surface area contributed by atoms with Crippen molar-refractivity contribution < 1.29 is 4.74 Å². The van der Waals surface area contributed by atoms with Gasteiger partial charge < -0.3 is 4.74 Å². The zero-order valence-electron chi connectivity index (χ0n) is 7.21. The number of hydrogen-bond acceptors (Lipinski definition) is 1. The number of aryl methyl sites for hydroxylation is 1. The summed E-state index contributed by atoms with van der Waals surface area (Å²) in [5.74, 6) is 1.89. The molecule has 12 heavy (non-hydrogen) atoms. The van der Waals surface area contributed by atoms with E-state index in [2.05, 4.69) is 25.1 Å². The van der Waals surface area contributed by atoms with Crippen molar-refractivity contribution in [2.45, 2.75) is 31.8 Å². The highest BCUT2D eigenvalue weighted by Crippen LogP contribution is 2.53. The first-order valence-corrected chi connectivity index (χ1v) is 4.68. The number of rotatable bonds is 1. The summed E-state index contributed by atoms with van der Waals surface area (Å²) in [6, 6.07) is 6.66. The van der Waals surface area contributed by atoms with Gasteiger partial charge >= 0.3 is 0 Å². The molecule has 0 amide bonds. The Morgan fingerprint density at radius 3 is 3.25 bits per heavy atom. The van der Waals surface area contributed by atoms with Crippen LogP contribution in [0.15, 0.2) is 18.2 Å². The molecule has 2 atom stereocenters. The van der Waals surface area contributed by atoms with Gasteiger partial charge in [-0.05, 0) is 24.5 Å². The third-order valence-electron chi connectivity index (χ3n) is 2.90. The molecule has 1 heteroatoms. The molecule has 0 spiro atoms. The zero-order chi connectivity index (χ0) is 8.13. The molecule has 2 unspecified atom stereocenters. The summed E-state index contributed by atoms with van der Waals surface area (Å²) in [7, 11) is 0. The molecule has 1 aliphatic heterocycles. The summed E-state index contributed by atoms with van der Waals surface area (Å²) in [5.41, 5.74) is 2.83. The Hall–Kier alpha value is -0.980. The van der Waals surface area contributed by atoms with Crippen LogP contribution < -0.4 is 4.74 Å². The summed E-state index contributed by atoms with van der Waals surface area (Å²) in [4.78, 5) is 0. The van der Waals surface area contributed by atoms with Gasteiger partial charge in [-0.3, -0.25) is 0 Å². The van der Waals surface area contributed by atoms with Crippen LogP contribution in [0.5, 0.6) is 5.75 Å². The Morgan fingerprint density at radius 1 is 1.50 bits per heavy atom. The van der Waals surface area contributed by atoms with Gasteiger partial charge in [0.05, 0.1) is 0 Å². The first-order chi connectivity index (χ1) is 5.88. The Kier molecular flexibility index (Phi) is 1.11. The van der Waals surface area contributed by atoms with Gasteiger partial charge in [-0.25, -0.2) is 0 Å². The van der Waals surface area contributed by atoms with E-state index in [9.17, 15) is 0 Å². The van der Waals surface area contributed by atoms with Crippen molar-refractivity contribution in [3.05, 3.63) is 29.3 Å². The number of ether oxygens (including phenoxy) is 1. The Labute approximate surface area is 72.4 Å². The molecule has 0 saturated heterocycles. The fraction of sp³-hybridized carbons (Fsp3) is 0.455. The maximum Gasteiger partial charge on any atom is 0.123 e. The van der Waals surface area contributed by atoms with E-state index in [1.165, 1.54) is 17.5 Å². The van der Waals surface area contributed by atoms with E-state index >= 15 is 0 Å². The van der Waals surface area contributed by atoms with Crippen LogP contribution in [-0.2, 0) is 6.42 Å². The van der Waals surface area contributed by atoms with Crippen molar-refractivity contribution in [1.82, 2.24) is 0 Å². The van der Waals surface area contributed by atoms with E-state index in [1.807, 2.05) is 0 Å². The number of hydrogen-bond donors (Lipinski definition) is 0. The van der Waals surface area contributed by atoms with E-state index < -0.39 is 0 Å². The van der Waals surface area contributed by atoms with E-state index in [0.29, 0.717) is 6.10 Å². The lowest BCUT2D eigenvalue weighted by atomic mass is 10.1. The molecule has 1 aliphatic carbocycles. The second-order valence-electron chi connectivity index (χ2n) is 3.72. The van der Waals surface area contributed by atoms with Crippen molar-refractivity contribution in [1.29, 1.82) is 0 Å². The van der Waals surface area contributed by atoms with Crippen LogP contribution in [-0.4, -0.2) is 6.10 Å². The molecule has 3 rings (SSSR count). The highest BCUT2D eigenvalue weighted by molar-refractivity contribution is 5.47. The van der Waals surface area contributed by atoms with Crippen LogP contribution >= 0.6 is 0 Å². The molecule has 1 fully saturated rings. The molecular weight excluding hydrogens is 148 g/mol. The summed E-state index contributed by atoms with van der Waals surface area (Å²) in [5, 5.41) is 0. The molecular formula is C11H12O. The molecule has 1 aromatic rings. The van der Waals surface area contributed by atoms with Crippen molar-refractivity contribution in [2.75, 3.05) is 0 Å². The Balaban J connectivity index is 2.08. The third kappa shape index (κ3) is 0.739. The summed E-state index contributed by atoms with van der Waals surface area (Å²) >= 11 is 0. The van der Waals surface area contributed by atoms with E-state index in [4.69, 9.17) is 4.74 Å². The van der Waals surface area contributed by atoms with Gasteiger partial charge in [0.25, 0.3) is 0 Å². The Bertz CT molecular complexity index is 330. The minimum Gasteiger partial charge on any atom is -0.489 e. The summed E-state index contributed by atoms with van der Waals surface area (Å²) in [6.07, 6.45) is 2.89. The lowest BCUT2D eigenvalue weighted by Crippen LogP contribution is -1.91.